The molecule has 0 spiro atoms. The molecule has 0 heterocycles. The molecule has 0 fully saturated rings. The van der Waals surface area contributed by atoms with E-state index in [1.165, 1.54) is 37.0 Å². The van der Waals surface area contributed by atoms with Gasteiger partial charge in [-0.15, -0.1) is 0 Å². The third kappa shape index (κ3) is 6.50. The van der Waals surface area contributed by atoms with E-state index in [-0.39, 0.29) is 11.3 Å². The Labute approximate surface area is 166 Å². The average molecular weight is 383 g/mol. The van der Waals surface area contributed by atoms with E-state index in [0.29, 0.717) is 17.9 Å². The van der Waals surface area contributed by atoms with Crippen molar-refractivity contribution in [2.45, 2.75) is 52.2 Å². The molecule has 0 aromatic heterocycles. The number of unbranched alkanes of at least 4 members (excludes halogenated alkanes) is 3. The molecule has 0 amide bonds. The molecule has 0 aliphatic rings. The highest BCUT2D eigenvalue weighted by Gasteiger charge is 2.20. The number of anilines is 1. The number of hydrogen-bond donors (Lipinski definition) is 2. The number of nitrogens with one attached hydrogen (secondary N) is 1. The normalized spacial score (nSPS) is 11.8. The molecule has 5 heteroatoms. The van der Waals surface area contributed by atoms with Gasteiger partial charge in [0.15, 0.2) is 6.23 Å². The molecule has 0 saturated carbocycles. The molecule has 2 N–H and O–H groups in total. The molecule has 2 rings (SSSR count). The van der Waals surface area contributed by atoms with E-state index in [4.69, 9.17) is 9.84 Å². The van der Waals surface area contributed by atoms with Crippen molar-refractivity contribution in [2.24, 2.45) is 0 Å². The SMILES string of the molecule is CCCCCCc1ccc(C(=O)C(Nc2ccc(C(=O)O)cc2)OCC)cc1. The summed E-state index contributed by atoms with van der Waals surface area (Å²) < 4.78 is 5.58. The standard InChI is InChI=1S/C23H29NO4/c1-3-5-6-7-8-17-9-11-18(12-10-17)21(25)22(28-4-2)24-20-15-13-19(14-16-20)23(26)27/h9-16,22,24H,3-8H2,1-2H3,(H,26,27). The Balaban J connectivity index is 2.02. The first kappa shape index (κ1) is 21.6. The first-order valence-electron chi connectivity index (χ1n) is 9.89. The van der Waals surface area contributed by atoms with Gasteiger partial charge in [-0.05, 0) is 49.6 Å². The van der Waals surface area contributed by atoms with Gasteiger partial charge in [-0.1, -0.05) is 50.5 Å². The molecule has 1 unspecified atom stereocenters. The Morgan fingerprint density at radius 3 is 2.14 bits per heavy atom. The molecule has 5 nitrogen and oxygen atoms in total. The van der Waals surface area contributed by atoms with Crippen molar-refractivity contribution >= 4 is 17.4 Å². The molecule has 2 aromatic rings. The number of ether oxygens (including phenoxy) is 1. The van der Waals surface area contributed by atoms with Crippen molar-refractivity contribution in [3.05, 3.63) is 65.2 Å². The third-order valence-corrected chi connectivity index (χ3v) is 4.56. The van der Waals surface area contributed by atoms with E-state index in [2.05, 4.69) is 12.2 Å². The van der Waals surface area contributed by atoms with Gasteiger partial charge in [0.05, 0.1) is 5.56 Å². The predicted octanol–water partition coefficient (Wildman–Crippen LogP) is 5.17. The van der Waals surface area contributed by atoms with Crippen LogP contribution < -0.4 is 5.32 Å². The molecule has 2 aromatic carbocycles. The van der Waals surface area contributed by atoms with Crippen LogP contribution in [0.5, 0.6) is 0 Å². The maximum absolute atomic E-state index is 12.8. The van der Waals surface area contributed by atoms with Gasteiger partial charge < -0.3 is 15.2 Å². The van der Waals surface area contributed by atoms with Crippen LogP contribution in [0.3, 0.4) is 0 Å². The van der Waals surface area contributed by atoms with Gasteiger partial charge >= 0.3 is 5.97 Å². The number of carboxylic acids is 1. The fourth-order valence-electron chi connectivity index (χ4n) is 2.95. The van der Waals surface area contributed by atoms with Crippen LogP contribution >= 0.6 is 0 Å². The van der Waals surface area contributed by atoms with Crippen LogP contribution in [0.1, 0.15) is 65.8 Å². The third-order valence-electron chi connectivity index (χ3n) is 4.56. The largest absolute Gasteiger partial charge is 0.478 e. The maximum Gasteiger partial charge on any atom is 0.335 e. The van der Waals surface area contributed by atoms with Gasteiger partial charge in [-0.3, -0.25) is 4.79 Å². The van der Waals surface area contributed by atoms with Crippen molar-refractivity contribution in [3.8, 4) is 0 Å². The van der Waals surface area contributed by atoms with E-state index in [0.717, 1.165) is 12.8 Å². The van der Waals surface area contributed by atoms with Crippen LogP contribution in [0.2, 0.25) is 0 Å². The topological polar surface area (TPSA) is 75.6 Å². The van der Waals surface area contributed by atoms with Crippen molar-refractivity contribution in [2.75, 3.05) is 11.9 Å². The second-order valence-electron chi connectivity index (χ2n) is 6.73. The summed E-state index contributed by atoms with van der Waals surface area (Å²) in [5.41, 5.74) is 2.65. The van der Waals surface area contributed by atoms with Crippen LogP contribution in [0.4, 0.5) is 5.69 Å². The van der Waals surface area contributed by atoms with Crippen LogP contribution in [0.25, 0.3) is 0 Å². The molecule has 28 heavy (non-hydrogen) atoms. The Hall–Kier alpha value is -2.66. The second kappa shape index (κ2) is 11.2. The van der Waals surface area contributed by atoms with Crippen LogP contribution in [-0.2, 0) is 11.2 Å². The zero-order valence-corrected chi connectivity index (χ0v) is 16.6. The van der Waals surface area contributed by atoms with Gasteiger partial charge in [0.25, 0.3) is 0 Å². The summed E-state index contributed by atoms with van der Waals surface area (Å²) in [5, 5.41) is 12.0. The zero-order chi connectivity index (χ0) is 20.4. The van der Waals surface area contributed by atoms with Crippen LogP contribution in [-0.4, -0.2) is 29.7 Å². The predicted molar refractivity (Wildman–Crippen MR) is 111 cm³/mol. The zero-order valence-electron chi connectivity index (χ0n) is 16.6. The number of carbonyl (C=O) groups is 2. The Morgan fingerprint density at radius 1 is 0.929 bits per heavy atom. The minimum Gasteiger partial charge on any atom is -0.478 e. The van der Waals surface area contributed by atoms with Crippen LogP contribution in [0.15, 0.2) is 48.5 Å². The molecule has 0 radical (unpaired) electrons. The first-order valence-corrected chi connectivity index (χ1v) is 9.89. The quantitative estimate of drug-likeness (QED) is 0.301. The summed E-state index contributed by atoms with van der Waals surface area (Å²) in [6.07, 6.45) is 5.07. The summed E-state index contributed by atoms with van der Waals surface area (Å²) in [7, 11) is 0. The van der Waals surface area contributed by atoms with Gasteiger partial charge in [-0.25, -0.2) is 4.79 Å². The Kier molecular flexibility index (Phi) is 8.69. The lowest BCUT2D eigenvalue weighted by molar-refractivity contribution is 0.0549. The van der Waals surface area contributed by atoms with E-state index < -0.39 is 12.2 Å². The van der Waals surface area contributed by atoms with Crippen LogP contribution in [0, 0.1) is 0 Å². The fraction of sp³-hybridized carbons (Fsp3) is 0.391. The van der Waals surface area contributed by atoms with Gasteiger partial charge in [0.2, 0.25) is 5.78 Å². The van der Waals surface area contributed by atoms with Gasteiger partial charge in [0, 0.05) is 17.9 Å². The number of aromatic carboxylic acids is 1. The highest BCUT2D eigenvalue weighted by Crippen LogP contribution is 2.16. The molecule has 1 atom stereocenters. The van der Waals surface area contributed by atoms with Crippen molar-refractivity contribution < 1.29 is 19.4 Å². The summed E-state index contributed by atoms with van der Waals surface area (Å²) in [5.74, 6) is -1.14. The lowest BCUT2D eigenvalue weighted by atomic mass is 10.0. The number of benzene rings is 2. The highest BCUT2D eigenvalue weighted by atomic mass is 16.5. The van der Waals surface area contributed by atoms with E-state index in [1.807, 2.05) is 31.2 Å². The molecular weight excluding hydrogens is 354 g/mol. The van der Waals surface area contributed by atoms with E-state index in [9.17, 15) is 9.59 Å². The number of carbonyl (C=O) groups excluding carboxylic acids is 1. The summed E-state index contributed by atoms with van der Waals surface area (Å²) in [6.45, 7) is 4.41. The second-order valence-corrected chi connectivity index (χ2v) is 6.73. The molecule has 150 valence electrons. The van der Waals surface area contributed by atoms with E-state index in [1.54, 1.807) is 12.1 Å². The lowest BCUT2D eigenvalue weighted by Crippen LogP contribution is -2.32. The smallest absolute Gasteiger partial charge is 0.335 e. The number of carboxylic acid groups (broad SMARTS) is 1. The monoisotopic (exact) mass is 383 g/mol. The van der Waals surface area contributed by atoms with Crippen molar-refractivity contribution in [1.82, 2.24) is 0 Å². The molecule has 0 bridgehead atoms. The first-order chi connectivity index (χ1) is 13.5. The summed E-state index contributed by atoms with van der Waals surface area (Å²) >= 11 is 0. The minimum atomic E-state index is -0.987. The average Bonchev–Trinajstić information content (AvgIpc) is 2.71. The highest BCUT2D eigenvalue weighted by molar-refractivity contribution is 6.00. The van der Waals surface area contributed by atoms with Crippen molar-refractivity contribution in [3.63, 3.8) is 0 Å². The molecular formula is C23H29NO4. The number of aryl methyl sites for hydroxylation is 1. The van der Waals surface area contributed by atoms with Gasteiger partial charge in [0.1, 0.15) is 0 Å². The van der Waals surface area contributed by atoms with E-state index >= 15 is 0 Å². The number of hydrogen-bond acceptors (Lipinski definition) is 4. The number of rotatable bonds is 12. The Morgan fingerprint density at radius 2 is 1.57 bits per heavy atom. The Bertz CT molecular complexity index is 753. The summed E-state index contributed by atoms with van der Waals surface area (Å²) in [4.78, 5) is 23.8. The molecule has 0 saturated heterocycles. The maximum atomic E-state index is 12.8. The van der Waals surface area contributed by atoms with Crippen molar-refractivity contribution in [1.29, 1.82) is 0 Å². The van der Waals surface area contributed by atoms with Gasteiger partial charge in [-0.2, -0.15) is 0 Å². The lowest BCUT2D eigenvalue weighted by Gasteiger charge is -2.19. The number of Topliss-reactive ketones (excluding diaryl/α,β-unsaturated/α-hetero) is 1. The summed E-state index contributed by atoms with van der Waals surface area (Å²) in [6, 6.07) is 13.9. The number of ketones is 1. The molecule has 0 aliphatic carbocycles. The molecule has 0 aliphatic heterocycles. The fourth-order valence-corrected chi connectivity index (χ4v) is 2.95. The minimum absolute atomic E-state index is 0.151.